The molecule has 0 radical (unpaired) electrons. The third-order valence-corrected chi connectivity index (χ3v) is 1.97. The summed E-state index contributed by atoms with van der Waals surface area (Å²) < 4.78 is 0. The van der Waals surface area contributed by atoms with Crippen molar-refractivity contribution in [2.24, 2.45) is 0 Å². The monoisotopic (exact) mass is 187 g/mol. The fraction of sp³-hybridized carbons (Fsp3) is 0.182. The van der Waals surface area contributed by atoms with Crippen LogP contribution in [-0.4, -0.2) is 29.0 Å². The lowest BCUT2D eigenvalue weighted by Gasteiger charge is -2.02. The number of nitrogens with one attached hydrogen (secondary N) is 1. The predicted octanol–water partition coefficient (Wildman–Crippen LogP) is 2.10. The maximum Gasteiger partial charge on any atom is 0.0886 e. The van der Waals surface area contributed by atoms with Crippen molar-refractivity contribution in [1.29, 1.82) is 0 Å². The van der Waals surface area contributed by atoms with E-state index in [4.69, 9.17) is 0 Å². The molecule has 2 heterocycles. The fourth-order valence-electron chi connectivity index (χ4n) is 1.27. The summed E-state index contributed by atoms with van der Waals surface area (Å²) in [5.41, 5.74) is 3.06. The molecule has 2 rings (SSSR count). The highest BCUT2D eigenvalue weighted by molar-refractivity contribution is 5.76. The fourth-order valence-corrected chi connectivity index (χ4v) is 1.27. The minimum atomic E-state index is 0.978. The van der Waals surface area contributed by atoms with Gasteiger partial charge in [-0.2, -0.15) is 0 Å². The zero-order valence-corrected chi connectivity index (χ0v) is 8.36. The molecule has 0 aliphatic rings. The SMILES string of the molecule is CN(C)/C=C/c1ccc2[nH]ccc2n1. The van der Waals surface area contributed by atoms with Crippen LogP contribution in [0.25, 0.3) is 17.1 Å². The van der Waals surface area contributed by atoms with Gasteiger partial charge in [0.1, 0.15) is 0 Å². The molecule has 72 valence electrons. The number of H-pyrrole nitrogens is 1. The first-order valence-corrected chi connectivity index (χ1v) is 4.54. The molecule has 2 aromatic heterocycles. The maximum absolute atomic E-state index is 4.46. The molecule has 0 saturated heterocycles. The van der Waals surface area contributed by atoms with Crippen LogP contribution in [0.15, 0.2) is 30.6 Å². The molecule has 0 amide bonds. The second kappa shape index (κ2) is 3.54. The Balaban J connectivity index is 2.34. The molecule has 0 fully saturated rings. The van der Waals surface area contributed by atoms with Gasteiger partial charge in [0.2, 0.25) is 0 Å². The number of rotatable bonds is 2. The summed E-state index contributed by atoms with van der Waals surface area (Å²) in [5, 5.41) is 0. The molecule has 0 aromatic carbocycles. The summed E-state index contributed by atoms with van der Waals surface area (Å²) in [6.45, 7) is 0. The molecule has 1 N–H and O–H groups in total. The molecule has 0 unspecified atom stereocenters. The van der Waals surface area contributed by atoms with E-state index in [0.29, 0.717) is 0 Å². The minimum absolute atomic E-state index is 0.978. The Morgan fingerprint density at radius 3 is 2.93 bits per heavy atom. The van der Waals surface area contributed by atoms with Gasteiger partial charge in [0, 0.05) is 26.5 Å². The van der Waals surface area contributed by atoms with Gasteiger partial charge < -0.3 is 9.88 Å². The molecule has 0 atom stereocenters. The Kier molecular flexibility index (Phi) is 2.23. The van der Waals surface area contributed by atoms with Crippen LogP contribution in [0.5, 0.6) is 0 Å². The molecule has 0 aliphatic heterocycles. The van der Waals surface area contributed by atoms with E-state index in [-0.39, 0.29) is 0 Å². The summed E-state index contributed by atoms with van der Waals surface area (Å²) in [7, 11) is 3.98. The number of hydrogen-bond donors (Lipinski definition) is 1. The Bertz CT molecular complexity index is 454. The zero-order chi connectivity index (χ0) is 9.97. The van der Waals surface area contributed by atoms with E-state index >= 15 is 0 Å². The minimum Gasteiger partial charge on any atom is -0.383 e. The van der Waals surface area contributed by atoms with Crippen molar-refractivity contribution >= 4 is 17.1 Å². The van der Waals surface area contributed by atoms with Crippen LogP contribution in [0, 0.1) is 0 Å². The quantitative estimate of drug-likeness (QED) is 0.780. The third kappa shape index (κ3) is 1.76. The Morgan fingerprint density at radius 1 is 1.29 bits per heavy atom. The number of pyridine rings is 1. The lowest BCUT2D eigenvalue weighted by Crippen LogP contribution is -1.99. The lowest BCUT2D eigenvalue weighted by molar-refractivity contribution is 0.567. The molecule has 0 spiro atoms. The van der Waals surface area contributed by atoms with Crippen LogP contribution in [0.4, 0.5) is 0 Å². The van der Waals surface area contributed by atoms with Crippen molar-refractivity contribution in [3.05, 3.63) is 36.3 Å². The number of nitrogens with zero attached hydrogens (tertiary/aromatic N) is 2. The Labute approximate surface area is 83.1 Å². The van der Waals surface area contributed by atoms with Crippen LogP contribution in [0.2, 0.25) is 0 Å². The van der Waals surface area contributed by atoms with Gasteiger partial charge in [0.25, 0.3) is 0 Å². The van der Waals surface area contributed by atoms with Crippen LogP contribution in [-0.2, 0) is 0 Å². The van der Waals surface area contributed by atoms with Gasteiger partial charge in [0.15, 0.2) is 0 Å². The van der Waals surface area contributed by atoms with Crippen molar-refractivity contribution < 1.29 is 0 Å². The maximum atomic E-state index is 4.46. The summed E-state index contributed by atoms with van der Waals surface area (Å²) in [6.07, 6.45) is 5.88. The van der Waals surface area contributed by atoms with Crippen molar-refractivity contribution in [2.45, 2.75) is 0 Å². The molecule has 0 bridgehead atoms. The van der Waals surface area contributed by atoms with E-state index in [1.807, 2.05) is 55.7 Å². The van der Waals surface area contributed by atoms with Crippen LogP contribution in [0.3, 0.4) is 0 Å². The zero-order valence-electron chi connectivity index (χ0n) is 8.36. The topological polar surface area (TPSA) is 31.9 Å². The standard InChI is InChI=1S/C11H13N3/c1-14(2)8-6-9-3-4-10-11(13-9)5-7-12-10/h3-8,12H,1-2H3/b8-6+. The normalized spacial score (nSPS) is 11.3. The molecule has 3 heteroatoms. The van der Waals surface area contributed by atoms with Crippen LogP contribution in [0.1, 0.15) is 5.69 Å². The molecular weight excluding hydrogens is 174 g/mol. The number of fused-ring (bicyclic) bond motifs is 1. The number of aromatic amines is 1. The van der Waals surface area contributed by atoms with Crippen molar-refractivity contribution in [3.8, 4) is 0 Å². The first-order chi connectivity index (χ1) is 6.75. The number of aromatic nitrogens is 2. The lowest BCUT2D eigenvalue weighted by atomic mass is 10.3. The molecule has 0 saturated carbocycles. The van der Waals surface area contributed by atoms with Gasteiger partial charge in [-0.1, -0.05) is 0 Å². The smallest absolute Gasteiger partial charge is 0.0886 e. The first-order valence-electron chi connectivity index (χ1n) is 4.54. The molecule has 14 heavy (non-hydrogen) atoms. The van der Waals surface area contributed by atoms with E-state index in [9.17, 15) is 0 Å². The summed E-state index contributed by atoms with van der Waals surface area (Å²) >= 11 is 0. The van der Waals surface area contributed by atoms with Crippen LogP contribution >= 0.6 is 0 Å². The number of hydrogen-bond acceptors (Lipinski definition) is 2. The molecule has 0 aliphatic carbocycles. The van der Waals surface area contributed by atoms with Gasteiger partial charge in [0.05, 0.1) is 16.7 Å². The highest BCUT2D eigenvalue weighted by Gasteiger charge is 1.95. The average molecular weight is 187 g/mol. The largest absolute Gasteiger partial charge is 0.383 e. The van der Waals surface area contributed by atoms with Crippen molar-refractivity contribution in [2.75, 3.05) is 14.1 Å². The second-order valence-electron chi connectivity index (χ2n) is 3.43. The second-order valence-corrected chi connectivity index (χ2v) is 3.43. The molecule has 2 aromatic rings. The average Bonchev–Trinajstić information content (AvgIpc) is 2.61. The first kappa shape index (κ1) is 8.81. The van der Waals surface area contributed by atoms with Gasteiger partial charge in [-0.05, 0) is 24.3 Å². The van der Waals surface area contributed by atoms with E-state index < -0.39 is 0 Å². The summed E-state index contributed by atoms with van der Waals surface area (Å²) in [6, 6.07) is 6.01. The van der Waals surface area contributed by atoms with E-state index in [1.54, 1.807) is 0 Å². The molecule has 3 nitrogen and oxygen atoms in total. The van der Waals surface area contributed by atoms with Gasteiger partial charge in [-0.3, -0.25) is 0 Å². The van der Waals surface area contributed by atoms with Gasteiger partial charge >= 0.3 is 0 Å². The van der Waals surface area contributed by atoms with E-state index in [2.05, 4.69) is 9.97 Å². The summed E-state index contributed by atoms with van der Waals surface area (Å²) in [5.74, 6) is 0. The summed E-state index contributed by atoms with van der Waals surface area (Å²) in [4.78, 5) is 9.57. The Hall–Kier alpha value is -1.77. The van der Waals surface area contributed by atoms with Crippen molar-refractivity contribution in [3.63, 3.8) is 0 Å². The predicted molar refractivity (Wildman–Crippen MR) is 58.8 cm³/mol. The van der Waals surface area contributed by atoms with Gasteiger partial charge in [-0.25, -0.2) is 4.98 Å². The third-order valence-electron chi connectivity index (χ3n) is 1.97. The highest BCUT2D eigenvalue weighted by Crippen LogP contribution is 2.10. The highest BCUT2D eigenvalue weighted by atomic mass is 15.0. The van der Waals surface area contributed by atoms with E-state index in [0.717, 1.165) is 16.7 Å². The Morgan fingerprint density at radius 2 is 2.14 bits per heavy atom. The van der Waals surface area contributed by atoms with Crippen LogP contribution < -0.4 is 0 Å². The van der Waals surface area contributed by atoms with Gasteiger partial charge in [-0.15, -0.1) is 0 Å². The molecular formula is C11H13N3. The van der Waals surface area contributed by atoms with E-state index in [1.165, 1.54) is 0 Å². The van der Waals surface area contributed by atoms with Crippen molar-refractivity contribution in [1.82, 2.24) is 14.9 Å².